The van der Waals surface area contributed by atoms with Crippen molar-refractivity contribution in [3.05, 3.63) is 35.9 Å². The van der Waals surface area contributed by atoms with Gasteiger partial charge in [0.1, 0.15) is 18.1 Å². The SMILES string of the molecule is CSCCC(NC(=O)C(CCCCN)NC(=O)C(N)Cc1ccccc1)C(=O)NC(CCCN=C(N)N)C(=O)O. The second-order valence-electron chi connectivity index (χ2n) is 9.33. The van der Waals surface area contributed by atoms with Gasteiger partial charge in [0.05, 0.1) is 6.04 Å². The lowest BCUT2D eigenvalue weighted by Crippen LogP contribution is -2.57. The number of hydrogen-bond acceptors (Lipinski definition) is 8. The number of rotatable bonds is 20. The minimum Gasteiger partial charge on any atom is -0.480 e. The topological polar surface area (TPSA) is 241 Å². The fourth-order valence-electron chi connectivity index (χ4n) is 3.81. The van der Waals surface area contributed by atoms with Gasteiger partial charge in [-0.25, -0.2) is 4.79 Å². The van der Waals surface area contributed by atoms with Crippen LogP contribution < -0.4 is 38.9 Å². The molecule has 0 heterocycles. The molecule has 4 atom stereocenters. The highest BCUT2D eigenvalue weighted by Crippen LogP contribution is 2.08. The van der Waals surface area contributed by atoms with E-state index in [-0.39, 0.29) is 25.3 Å². The largest absolute Gasteiger partial charge is 0.480 e. The van der Waals surface area contributed by atoms with Crippen LogP contribution in [0.3, 0.4) is 0 Å². The van der Waals surface area contributed by atoms with Gasteiger partial charge in [0.15, 0.2) is 5.96 Å². The number of nitrogens with one attached hydrogen (secondary N) is 3. The summed E-state index contributed by atoms with van der Waals surface area (Å²) in [6.45, 7) is 0.638. The predicted molar refractivity (Wildman–Crippen MR) is 157 cm³/mol. The number of carbonyl (C=O) groups is 4. The molecule has 0 aliphatic heterocycles. The van der Waals surface area contributed by atoms with Gasteiger partial charge in [0.25, 0.3) is 0 Å². The molecule has 13 nitrogen and oxygen atoms in total. The van der Waals surface area contributed by atoms with Gasteiger partial charge < -0.3 is 44.0 Å². The highest BCUT2D eigenvalue weighted by atomic mass is 32.2. The van der Waals surface area contributed by atoms with Crippen molar-refractivity contribution < 1.29 is 24.3 Å². The van der Waals surface area contributed by atoms with Gasteiger partial charge >= 0.3 is 5.97 Å². The molecule has 1 aromatic carbocycles. The van der Waals surface area contributed by atoms with E-state index in [1.54, 1.807) is 0 Å². The van der Waals surface area contributed by atoms with E-state index in [0.717, 1.165) is 5.56 Å². The molecule has 0 aliphatic rings. The summed E-state index contributed by atoms with van der Waals surface area (Å²) in [6.07, 6.45) is 4.34. The molecular formula is C26H44N8O5S. The average molecular weight is 581 g/mol. The molecule has 40 heavy (non-hydrogen) atoms. The van der Waals surface area contributed by atoms with Crippen LogP contribution in [-0.2, 0) is 25.6 Å². The molecular weight excluding hydrogens is 536 g/mol. The first-order valence-corrected chi connectivity index (χ1v) is 14.7. The normalized spacial score (nSPS) is 13.8. The number of nitrogens with zero attached hydrogens (tertiary/aromatic N) is 1. The number of thioether (sulfide) groups is 1. The van der Waals surface area contributed by atoms with Gasteiger partial charge in [-0.2, -0.15) is 11.8 Å². The number of nitrogens with two attached hydrogens (primary N) is 4. The molecule has 14 heteroatoms. The second kappa shape index (κ2) is 19.7. The highest BCUT2D eigenvalue weighted by Gasteiger charge is 2.30. The molecule has 0 aromatic heterocycles. The van der Waals surface area contributed by atoms with Crippen LogP contribution in [0.1, 0.15) is 44.1 Å². The van der Waals surface area contributed by atoms with Crippen LogP contribution >= 0.6 is 11.8 Å². The molecule has 12 N–H and O–H groups in total. The van der Waals surface area contributed by atoms with E-state index in [1.807, 2.05) is 36.6 Å². The maximum absolute atomic E-state index is 13.3. The van der Waals surface area contributed by atoms with Crippen LogP contribution in [0.2, 0.25) is 0 Å². The molecule has 1 aromatic rings. The van der Waals surface area contributed by atoms with Crippen LogP contribution in [-0.4, -0.2) is 84.0 Å². The van der Waals surface area contributed by atoms with Gasteiger partial charge in [0, 0.05) is 6.54 Å². The van der Waals surface area contributed by atoms with Crippen LogP contribution in [0.15, 0.2) is 35.3 Å². The quantitative estimate of drug-likeness (QED) is 0.0533. The molecule has 4 unspecified atom stereocenters. The van der Waals surface area contributed by atoms with Gasteiger partial charge in [-0.1, -0.05) is 30.3 Å². The summed E-state index contributed by atoms with van der Waals surface area (Å²) in [6, 6.07) is 5.26. The molecule has 0 spiro atoms. The number of carboxylic acid groups (broad SMARTS) is 1. The zero-order valence-electron chi connectivity index (χ0n) is 23.0. The third-order valence-electron chi connectivity index (χ3n) is 6.02. The number of hydrogen-bond donors (Lipinski definition) is 8. The van der Waals surface area contributed by atoms with E-state index in [9.17, 15) is 24.3 Å². The fraction of sp³-hybridized carbons (Fsp3) is 0.577. The third kappa shape index (κ3) is 14.1. The number of guanidine groups is 1. The molecule has 0 saturated heterocycles. The van der Waals surface area contributed by atoms with E-state index in [0.29, 0.717) is 44.4 Å². The van der Waals surface area contributed by atoms with Crippen molar-refractivity contribution in [2.45, 2.75) is 69.1 Å². The first-order valence-electron chi connectivity index (χ1n) is 13.3. The summed E-state index contributed by atoms with van der Waals surface area (Å²) in [7, 11) is 0. The summed E-state index contributed by atoms with van der Waals surface area (Å²) in [5, 5.41) is 17.5. The lowest BCUT2D eigenvalue weighted by molar-refractivity contribution is -0.142. The van der Waals surface area contributed by atoms with Crippen LogP contribution in [0.5, 0.6) is 0 Å². The number of aliphatic imine (C=N–C) groups is 1. The van der Waals surface area contributed by atoms with Crippen LogP contribution in [0, 0.1) is 0 Å². The molecule has 1 rings (SSSR count). The number of unbranched alkanes of at least 4 members (excludes halogenated alkanes) is 1. The molecule has 0 saturated carbocycles. The maximum Gasteiger partial charge on any atom is 0.326 e. The number of carboxylic acids is 1. The van der Waals surface area contributed by atoms with Crippen molar-refractivity contribution in [3.8, 4) is 0 Å². The first kappa shape index (κ1) is 34.7. The Morgan fingerprint density at radius 3 is 2.02 bits per heavy atom. The molecule has 0 radical (unpaired) electrons. The average Bonchev–Trinajstić information content (AvgIpc) is 2.92. The van der Waals surface area contributed by atoms with Crippen molar-refractivity contribution >= 4 is 41.4 Å². The van der Waals surface area contributed by atoms with E-state index in [2.05, 4.69) is 20.9 Å². The summed E-state index contributed by atoms with van der Waals surface area (Å²) < 4.78 is 0. The zero-order valence-corrected chi connectivity index (χ0v) is 23.8. The van der Waals surface area contributed by atoms with Gasteiger partial charge in [-0.15, -0.1) is 0 Å². The number of amides is 3. The fourth-order valence-corrected chi connectivity index (χ4v) is 4.28. The Bertz CT molecular complexity index is 962. The van der Waals surface area contributed by atoms with E-state index >= 15 is 0 Å². The standard InChI is InChI=1S/C26H44N8O5S/c1-40-15-12-20(24(37)34-21(25(38)39)11-7-14-31-26(29)30)33-23(36)19(10-5-6-13-27)32-22(35)18(28)16-17-8-3-2-4-9-17/h2-4,8-9,18-21H,5-7,10-16,27-28H2,1H3,(H,32,35)(H,33,36)(H,34,37)(H,38,39)(H4,29,30,31). The predicted octanol–water partition coefficient (Wildman–Crippen LogP) is -0.969. The van der Waals surface area contributed by atoms with Gasteiger partial charge in [-0.3, -0.25) is 19.4 Å². The zero-order chi connectivity index (χ0) is 29.9. The van der Waals surface area contributed by atoms with E-state index < -0.39 is 47.9 Å². The minimum atomic E-state index is -1.22. The summed E-state index contributed by atoms with van der Waals surface area (Å²) in [4.78, 5) is 54.8. The first-order chi connectivity index (χ1) is 19.1. The lowest BCUT2D eigenvalue weighted by Gasteiger charge is -2.25. The van der Waals surface area contributed by atoms with Crippen LogP contribution in [0.4, 0.5) is 0 Å². The van der Waals surface area contributed by atoms with Crippen molar-refractivity contribution in [2.24, 2.45) is 27.9 Å². The number of aliphatic carboxylic acids is 1. The Labute approximate surface area is 239 Å². The van der Waals surface area contributed by atoms with Crippen molar-refractivity contribution in [3.63, 3.8) is 0 Å². The number of carbonyl (C=O) groups excluding carboxylic acids is 3. The Morgan fingerprint density at radius 1 is 0.875 bits per heavy atom. The Balaban J connectivity index is 2.92. The second-order valence-corrected chi connectivity index (χ2v) is 10.3. The number of benzene rings is 1. The summed E-state index contributed by atoms with van der Waals surface area (Å²) in [5.74, 6) is -2.47. The smallest absolute Gasteiger partial charge is 0.326 e. The molecule has 0 fully saturated rings. The maximum atomic E-state index is 13.3. The van der Waals surface area contributed by atoms with Gasteiger partial charge in [0.2, 0.25) is 17.7 Å². The molecule has 0 bridgehead atoms. The van der Waals surface area contributed by atoms with Crippen molar-refractivity contribution in [2.75, 3.05) is 25.1 Å². The molecule has 3 amide bonds. The lowest BCUT2D eigenvalue weighted by atomic mass is 10.0. The Morgan fingerprint density at radius 2 is 1.45 bits per heavy atom. The minimum absolute atomic E-state index is 0.0954. The Kier molecular flexibility index (Phi) is 17.0. The van der Waals surface area contributed by atoms with Crippen molar-refractivity contribution in [1.29, 1.82) is 0 Å². The van der Waals surface area contributed by atoms with Crippen molar-refractivity contribution in [1.82, 2.24) is 16.0 Å². The Hall–Kier alpha value is -3.36. The van der Waals surface area contributed by atoms with Gasteiger partial charge in [-0.05, 0) is 69.1 Å². The monoisotopic (exact) mass is 580 g/mol. The highest BCUT2D eigenvalue weighted by molar-refractivity contribution is 7.98. The third-order valence-corrected chi connectivity index (χ3v) is 6.66. The summed E-state index contributed by atoms with van der Waals surface area (Å²) in [5.41, 5.74) is 23.2. The van der Waals surface area contributed by atoms with E-state index in [4.69, 9.17) is 22.9 Å². The van der Waals surface area contributed by atoms with Crippen LogP contribution in [0.25, 0.3) is 0 Å². The summed E-state index contributed by atoms with van der Waals surface area (Å²) >= 11 is 1.47. The molecule has 0 aliphatic carbocycles. The molecule has 224 valence electrons. The van der Waals surface area contributed by atoms with E-state index in [1.165, 1.54) is 11.8 Å².